The number of ether oxygens (including phenoxy) is 2. The Labute approximate surface area is 551 Å². The van der Waals surface area contributed by atoms with E-state index in [0.717, 1.165) is 96.6 Å². The van der Waals surface area contributed by atoms with E-state index in [1.54, 1.807) is 21.1 Å². The summed E-state index contributed by atoms with van der Waals surface area (Å²) in [4.78, 5) is 0. The van der Waals surface area contributed by atoms with E-state index >= 15 is 0 Å². The van der Waals surface area contributed by atoms with Crippen LogP contribution in [0.4, 0.5) is 0 Å². The molecule has 552 valence electrons. The van der Waals surface area contributed by atoms with Crippen molar-refractivity contribution >= 4 is 0 Å². The van der Waals surface area contributed by atoms with E-state index in [-0.39, 0.29) is 62.3 Å². The Morgan fingerprint density at radius 1 is 0.326 bits per heavy atom. The van der Waals surface area contributed by atoms with Gasteiger partial charge in [0.2, 0.25) is 0 Å². The first-order valence-electron chi connectivity index (χ1n) is 35.3. The van der Waals surface area contributed by atoms with Crippen molar-refractivity contribution in [1.29, 1.82) is 0 Å². The molecule has 9 unspecified atom stereocenters. The number of unbranched alkanes of at least 4 members (excludes halogenated alkanes) is 6. The molecule has 0 aromatic heterocycles. The molecule has 0 aliphatic rings. The van der Waals surface area contributed by atoms with Crippen molar-refractivity contribution < 1.29 is 60.5 Å². The molecule has 89 heavy (non-hydrogen) atoms. The third-order valence-corrected chi connectivity index (χ3v) is 14.4. The first-order valence-corrected chi connectivity index (χ1v) is 35.3. The molecule has 0 saturated heterocycles. The lowest BCUT2D eigenvalue weighted by Gasteiger charge is -2.21. The highest BCUT2D eigenvalue weighted by Crippen LogP contribution is 2.15. The number of nitrogens with one attached hydrogen (secondary N) is 9. The van der Waals surface area contributed by atoms with Crippen LogP contribution in [0.25, 0.3) is 0 Å². The zero-order chi connectivity index (χ0) is 70.0. The first-order chi connectivity index (χ1) is 42.7. The molecule has 19 N–H and O–H groups in total. The second-order valence-corrected chi connectivity index (χ2v) is 23.1. The van der Waals surface area contributed by atoms with E-state index in [2.05, 4.69) is 96.3 Å². The summed E-state index contributed by atoms with van der Waals surface area (Å²) < 4.78 is 10.2. The minimum Gasteiger partial charge on any atom is -0.396 e. The topological polar surface area (TPSA) is 329 Å². The van der Waals surface area contributed by atoms with Gasteiger partial charge in [0.1, 0.15) is 0 Å². The van der Waals surface area contributed by atoms with Gasteiger partial charge in [-0.05, 0) is 171 Å². The summed E-state index contributed by atoms with van der Waals surface area (Å²) in [6.07, 6.45) is 25.6. The van der Waals surface area contributed by atoms with Crippen LogP contribution in [0.3, 0.4) is 0 Å². The Bertz CT molecular complexity index is 1060. The molecule has 0 aromatic rings. The molecule has 0 aliphatic heterocycles. The van der Waals surface area contributed by atoms with Gasteiger partial charge in [0, 0.05) is 58.0 Å². The minimum absolute atomic E-state index is 0.0279. The number of hydrogen-bond donors (Lipinski definition) is 19. The first kappa shape index (κ1) is 107. The normalized spacial score (nSPS) is 13.7. The van der Waals surface area contributed by atoms with Crippen LogP contribution in [0, 0.1) is 23.7 Å². The van der Waals surface area contributed by atoms with Crippen molar-refractivity contribution in [3.8, 4) is 0 Å². The summed E-state index contributed by atoms with van der Waals surface area (Å²) in [5.41, 5.74) is 0. The largest absolute Gasteiger partial charge is 0.396 e. The predicted octanol–water partition coefficient (Wildman–Crippen LogP) is 6.33. The number of aliphatic hydroxyl groups is 10. The van der Waals surface area contributed by atoms with Crippen LogP contribution >= 0.6 is 0 Å². The maximum absolute atomic E-state index is 9.58. The highest BCUT2D eigenvalue weighted by atomic mass is 16.5. The Morgan fingerprint density at radius 3 is 1.11 bits per heavy atom. The second-order valence-electron chi connectivity index (χ2n) is 23.1. The smallest absolute Gasteiger partial charge is 0.0964 e. The van der Waals surface area contributed by atoms with Crippen LogP contribution in [-0.4, -0.2) is 250 Å². The summed E-state index contributed by atoms with van der Waals surface area (Å²) in [5.74, 6) is 1.49. The van der Waals surface area contributed by atoms with Crippen molar-refractivity contribution in [3.63, 3.8) is 0 Å². The van der Waals surface area contributed by atoms with Crippen LogP contribution in [0.1, 0.15) is 223 Å². The average molecular weight is 1300 g/mol. The zero-order valence-electron chi connectivity index (χ0n) is 62.0. The van der Waals surface area contributed by atoms with E-state index in [1.165, 1.54) is 70.6 Å². The van der Waals surface area contributed by atoms with Crippen LogP contribution in [0.2, 0.25) is 0 Å². The van der Waals surface area contributed by atoms with E-state index in [4.69, 9.17) is 45.2 Å². The van der Waals surface area contributed by atoms with Gasteiger partial charge in [0.05, 0.1) is 69.9 Å². The summed E-state index contributed by atoms with van der Waals surface area (Å²) in [5, 5.41) is 117. The predicted molar refractivity (Wildman–Crippen MR) is 382 cm³/mol. The molecule has 0 radical (unpaired) electrons. The fourth-order valence-corrected chi connectivity index (χ4v) is 8.00. The number of likely N-dealkylation sites (N-methyl/N-ethyl adjacent to an activating group) is 5. The second kappa shape index (κ2) is 98.2. The molecular weight excluding hydrogens is 1130 g/mol. The molecular formula is C68H163N9O12. The number of hydrogen-bond acceptors (Lipinski definition) is 21. The number of aliphatic hydroxyl groups excluding tert-OH is 10. The Morgan fingerprint density at radius 2 is 0.753 bits per heavy atom. The standard InChI is InChI=1S/C10H22O.2C9H20O.C8H19NO.C7H18N2O.2C7H17NO2.C6H16N2O2.C5H14N2O/c1-4-6-8-10(11)9(3)7-5-2;1-3-5-6-7-8-9(10)4-2;1-3-5-7-9(10)8-6-4-2;1-3-8(7-10)5-4-6-9-2;1-8-5-3-4-7(10)6-9-2;1-3-7(4-9)5-10-6-8-2;1-3-6(4-9)7(5-10)8-2;1-7-3-6(9)4-10-5-8-2;1-6-3-5(8)4-7-2/h9-11H,4-8H2,1-3H3;2*9-10H,3-8H2,1-2H3;8-10H,3-7H2,1-2H3;7-10H,3-6H2,1-2H3;7-9H,3-6H2,1-2H3;6-10H,3-5H2,1-2H3;6-9H,3-5H2,1-2H3;5-8H,3-4H2,1-2H3. The summed E-state index contributed by atoms with van der Waals surface area (Å²) in [7, 11) is 16.6. The molecule has 21 heteroatoms. The van der Waals surface area contributed by atoms with Crippen molar-refractivity contribution in [1.82, 2.24) is 47.9 Å². The lowest BCUT2D eigenvalue weighted by molar-refractivity contribution is 0.0322. The maximum Gasteiger partial charge on any atom is 0.0964 e. The molecule has 0 aromatic carbocycles. The van der Waals surface area contributed by atoms with Gasteiger partial charge in [0.15, 0.2) is 0 Å². The fraction of sp³-hybridized carbons (Fsp3) is 1.00. The average Bonchev–Trinajstić information content (AvgIpc) is 3.56. The van der Waals surface area contributed by atoms with E-state index in [0.29, 0.717) is 77.2 Å². The minimum atomic E-state index is -0.404. The van der Waals surface area contributed by atoms with Crippen LogP contribution in [0.5, 0.6) is 0 Å². The third kappa shape index (κ3) is 103. The Balaban J connectivity index is -0.000000116. The van der Waals surface area contributed by atoms with E-state index in [1.807, 2.05) is 63.1 Å². The van der Waals surface area contributed by atoms with Crippen molar-refractivity contribution in [2.45, 2.75) is 266 Å². The highest BCUT2D eigenvalue weighted by Gasteiger charge is 2.16. The van der Waals surface area contributed by atoms with Gasteiger partial charge < -0.3 is 97.8 Å². The number of rotatable bonds is 51. The lowest BCUT2D eigenvalue weighted by Crippen LogP contribution is -2.38. The van der Waals surface area contributed by atoms with Crippen LogP contribution < -0.4 is 47.9 Å². The molecule has 0 aliphatic carbocycles. The molecule has 0 heterocycles. The van der Waals surface area contributed by atoms with Gasteiger partial charge in [-0.3, -0.25) is 10.6 Å². The molecule has 0 saturated carbocycles. The van der Waals surface area contributed by atoms with E-state index in [9.17, 15) is 15.3 Å². The molecule has 21 nitrogen and oxygen atoms in total. The summed E-state index contributed by atoms with van der Waals surface area (Å²) >= 11 is 0. The van der Waals surface area contributed by atoms with Crippen molar-refractivity contribution in [2.24, 2.45) is 23.7 Å². The van der Waals surface area contributed by atoms with E-state index < -0.39 is 6.10 Å². The van der Waals surface area contributed by atoms with Gasteiger partial charge >= 0.3 is 0 Å². The highest BCUT2D eigenvalue weighted by molar-refractivity contribution is 4.72. The molecule has 0 rings (SSSR count). The van der Waals surface area contributed by atoms with Crippen molar-refractivity contribution in [2.75, 3.05) is 156 Å². The fourth-order valence-electron chi connectivity index (χ4n) is 8.00. The maximum atomic E-state index is 9.58. The Kier molecular flexibility index (Phi) is 118. The van der Waals surface area contributed by atoms with Crippen molar-refractivity contribution in [3.05, 3.63) is 0 Å². The van der Waals surface area contributed by atoms with Gasteiger partial charge in [-0.2, -0.15) is 0 Å². The zero-order valence-corrected chi connectivity index (χ0v) is 62.0. The Hall–Kier alpha value is -0.840. The summed E-state index contributed by atoms with van der Waals surface area (Å²) in [6, 6.07) is 0.0370. The third-order valence-electron chi connectivity index (χ3n) is 14.4. The van der Waals surface area contributed by atoms with Gasteiger partial charge in [-0.1, -0.05) is 146 Å². The van der Waals surface area contributed by atoms with Gasteiger partial charge in [0.25, 0.3) is 0 Å². The monoisotopic (exact) mass is 1300 g/mol. The lowest BCUT2D eigenvalue weighted by atomic mass is 9.95. The molecule has 0 amide bonds. The molecule has 0 spiro atoms. The van der Waals surface area contributed by atoms with Crippen LogP contribution in [0.15, 0.2) is 0 Å². The van der Waals surface area contributed by atoms with Gasteiger partial charge in [-0.15, -0.1) is 0 Å². The molecule has 9 atom stereocenters. The quantitative estimate of drug-likeness (QED) is 0.0234. The summed E-state index contributed by atoms with van der Waals surface area (Å²) in [6.45, 7) is 28.7. The van der Waals surface area contributed by atoms with Gasteiger partial charge in [-0.25, -0.2) is 0 Å². The molecule has 0 fully saturated rings. The SMILES string of the molecule is CCC(CO)C(CO)NC.CCC(CO)CCCNC.CCC(CO)COCNC.CCCCC(O)C(C)CCC.CCCCC(O)CCCC.CCCCCCC(O)CC.CNCC(O)CNC.CNCCCC(O)CNC.CNCOCC(O)CNC. The molecule has 0 bridgehead atoms. The van der Waals surface area contributed by atoms with Crippen LogP contribution in [-0.2, 0) is 9.47 Å².